The molecule has 1 aliphatic heterocycles. The van der Waals surface area contributed by atoms with Crippen molar-refractivity contribution in [3.63, 3.8) is 0 Å². The Morgan fingerprint density at radius 3 is 2.95 bits per heavy atom. The third-order valence-electron chi connectivity index (χ3n) is 3.86. The van der Waals surface area contributed by atoms with E-state index in [9.17, 15) is 0 Å². The lowest BCUT2D eigenvalue weighted by atomic mass is 10.1. The molecule has 0 aliphatic carbocycles. The molecule has 1 fully saturated rings. The zero-order valence-electron chi connectivity index (χ0n) is 11.4. The first kappa shape index (κ1) is 12.2. The molecular formula is C15H19N3O. The maximum atomic E-state index is 5.43. The van der Waals surface area contributed by atoms with Gasteiger partial charge in [0.05, 0.1) is 7.11 Å². The third-order valence-corrected chi connectivity index (χ3v) is 3.86. The van der Waals surface area contributed by atoms with Gasteiger partial charge in [0.1, 0.15) is 11.6 Å². The van der Waals surface area contributed by atoms with Crippen molar-refractivity contribution < 1.29 is 4.74 Å². The fourth-order valence-corrected chi connectivity index (χ4v) is 2.78. The number of rotatable bonds is 3. The third kappa shape index (κ3) is 2.12. The topological polar surface area (TPSA) is 37.4 Å². The fourth-order valence-electron chi connectivity index (χ4n) is 2.78. The van der Waals surface area contributed by atoms with Crippen molar-refractivity contribution in [1.29, 1.82) is 0 Å². The summed E-state index contributed by atoms with van der Waals surface area (Å²) in [5, 5.41) is 5.63. The normalized spacial score (nSPS) is 19.1. The molecular weight excluding hydrogens is 238 g/mol. The highest BCUT2D eigenvalue weighted by atomic mass is 16.5. The molecule has 1 aromatic carbocycles. The Morgan fingerprint density at radius 2 is 2.21 bits per heavy atom. The second-order valence-electron chi connectivity index (χ2n) is 4.91. The number of methoxy groups -OCH3 is 1. The van der Waals surface area contributed by atoms with Crippen LogP contribution in [0.15, 0.2) is 30.5 Å². The van der Waals surface area contributed by atoms with Gasteiger partial charge >= 0.3 is 0 Å². The van der Waals surface area contributed by atoms with E-state index in [0.717, 1.165) is 30.0 Å². The number of anilines is 1. The van der Waals surface area contributed by atoms with Crippen LogP contribution in [0.2, 0.25) is 0 Å². The average Bonchev–Trinajstić information content (AvgIpc) is 2.94. The minimum atomic E-state index is 0.558. The van der Waals surface area contributed by atoms with Crippen LogP contribution in [0.1, 0.15) is 6.42 Å². The first-order valence-electron chi connectivity index (χ1n) is 6.67. The van der Waals surface area contributed by atoms with Crippen LogP contribution in [0.5, 0.6) is 5.75 Å². The number of hydrogen-bond acceptors (Lipinski definition) is 4. The Kier molecular flexibility index (Phi) is 3.25. The number of fused-ring (bicyclic) bond motifs is 1. The summed E-state index contributed by atoms with van der Waals surface area (Å²) in [5.41, 5.74) is 0. The maximum absolute atomic E-state index is 5.43. The molecule has 1 N–H and O–H groups in total. The van der Waals surface area contributed by atoms with Crippen LogP contribution in [-0.4, -0.2) is 38.3 Å². The van der Waals surface area contributed by atoms with Gasteiger partial charge in [0.15, 0.2) is 0 Å². The first-order chi connectivity index (χ1) is 9.33. The standard InChI is InChI=1S/C15H19N3O/c1-16-11-7-9-18(10-11)15-13-4-3-5-14(19-2)12(13)6-8-17-15/h3-6,8,11,16H,7,9-10H2,1-2H3. The van der Waals surface area contributed by atoms with Gasteiger partial charge in [0, 0.05) is 36.1 Å². The van der Waals surface area contributed by atoms with Gasteiger partial charge in [0.25, 0.3) is 0 Å². The lowest BCUT2D eigenvalue weighted by Crippen LogP contribution is -2.29. The summed E-state index contributed by atoms with van der Waals surface area (Å²) in [6, 6.07) is 8.71. The largest absolute Gasteiger partial charge is 0.496 e. The highest BCUT2D eigenvalue weighted by Crippen LogP contribution is 2.32. The van der Waals surface area contributed by atoms with Crippen LogP contribution in [0.3, 0.4) is 0 Å². The van der Waals surface area contributed by atoms with Gasteiger partial charge < -0.3 is 15.0 Å². The second-order valence-corrected chi connectivity index (χ2v) is 4.91. The molecule has 2 heterocycles. The smallest absolute Gasteiger partial charge is 0.136 e. The molecule has 1 unspecified atom stereocenters. The SMILES string of the molecule is CNC1CCN(c2nccc3c(OC)cccc23)C1. The van der Waals surface area contributed by atoms with E-state index < -0.39 is 0 Å². The molecule has 100 valence electrons. The molecule has 3 rings (SSSR count). The molecule has 4 nitrogen and oxygen atoms in total. The van der Waals surface area contributed by atoms with Gasteiger partial charge in [-0.1, -0.05) is 12.1 Å². The number of hydrogen-bond donors (Lipinski definition) is 1. The predicted molar refractivity (Wildman–Crippen MR) is 78.0 cm³/mol. The summed E-state index contributed by atoms with van der Waals surface area (Å²) < 4.78 is 5.43. The van der Waals surface area contributed by atoms with Crippen molar-refractivity contribution >= 4 is 16.6 Å². The van der Waals surface area contributed by atoms with Crippen molar-refractivity contribution in [2.75, 3.05) is 32.1 Å². The quantitative estimate of drug-likeness (QED) is 0.913. The van der Waals surface area contributed by atoms with Crippen molar-refractivity contribution in [3.05, 3.63) is 30.5 Å². The molecule has 1 atom stereocenters. The van der Waals surface area contributed by atoms with E-state index in [1.165, 1.54) is 11.8 Å². The maximum Gasteiger partial charge on any atom is 0.136 e. The van der Waals surface area contributed by atoms with Crippen LogP contribution in [-0.2, 0) is 0 Å². The summed E-state index contributed by atoms with van der Waals surface area (Å²) in [5.74, 6) is 1.97. The molecule has 0 bridgehead atoms. The highest BCUT2D eigenvalue weighted by molar-refractivity contribution is 5.96. The zero-order valence-corrected chi connectivity index (χ0v) is 11.4. The van der Waals surface area contributed by atoms with Crippen molar-refractivity contribution in [2.24, 2.45) is 0 Å². The number of likely N-dealkylation sites (N-methyl/N-ethyl adjacent to an activating group) is 1. The monoisotopic (exact) mass is 257 g/mol. The Labute approximate surface area is 113 Å². The molecule has 4 heteroatoms. The van der Waals surface area contributed by atoms with Gasteiger partial charge in [-0.3, -0.25) is 0 Å². The van der Waals surface area contributed by atoms with Crippen LogP contribution in [0.4, 0.5) is 5.82 Å². The number of benzene rings is 1. The Morgan fingerprint density at radius 1 is 1.32 bits per heavy atom. The molecule has 2 aromatic rings. The summed E-state index contributed by atoms with van der Waals surface area (Å²) >= 11 is 0. The summed E-state index contributed by atoms with van der Waals surface area (Å²) in [6.45, 7) is 2.06. The summed E-state index contributed by atoms with van der Waals surface area (Å²) in [7, 11) is 3.73. The van der Waals surface area contributed by atoms with Crippen LogP contribution in [0, 0.1) is 0 Å². The number of aromatic nitrogens is 1. The minimum Gasteiger partial charge on any atom is -0.496 e. The molecule has 0 radical (unpaired) electrons. The predicted octanol–water partition coefficient (Wildman–Crippen LogP) is 2.04. The molecule has 19 heavy (non-hydrogen) atoms. The number of pyridine rings is 1. The second kappa shape index (κ2) is 5.05. The lowest BCUT2D eigenvalue weighted by molar-refractivity contribution is 0.420. The van der Waals surface area contributed by atoms with Gasteiger partial charge in [-0.05, 0) is 25.6 Å². The Balaban J connectivity index is 2.05. The van der Waals surface area contributed by atoms with E-state index in [0.29, 0.717) is 6.04 Å². The summed E-state index contributed by atoms with van der Waals surface area (Å²) in [4.78, 5) is 6.93. The zero-order chi connectivity index (χ0) is 13.2. The van der Waals surface area contributed by atoms with E-state index in [4.69, 9.17) is 4.74 Å². The van der Waals surface area contributed by atoms with E-state index in [1.54, 1.807) is 7.11 Å². The highest BCUT2D eigenvalue weighted by Gasteiger charge is 2.23. The molecule has 0 saturated carbocycles. The first-order valence-corrected chi connectivity index (χ1v) is 6.67. The van der Waals surface area contributed by atoms with Crippen LogP contribution in [0.25, 0.3) is 10.8 Å². The van der Waals surface area contributed by atoms with E-state index >= 15 is 0 Å². The Hall–Kier alpha value is -1.81. The number of ether oxygens (including phenoxy) is 1. The summed E-state index contributed by atoms with van der Waals surface area (Å²) in [6.07, 6.45) is 3.03. The minimum absolute atomic E-state index is 0.558. The Bertz CT molecular complexity index is 585. The van der Waals surface area contributed by atoms with Crippen LogP contribution >= 0.6 is 0 Å². The van der Waals surface area contributed by atoms with Crippen molar-refractivity contribution in [1.82, 2.24) is 10.3 Å². The number of nitrogens with zero attached hydrogens (tertiary/aromatic N) is 2. The average molecular weight is 257 g/mol. The number of nitrogens with one attached hydrogen (secondary N) is 1. The van der Waals surface area contributed by atoms with Gasteiger partial charge in [0.2, 0.25) is 0 Å². The van der Waals surface area contributed by atoms with Crippen LogP contribution < -0.4 is 15.0 Å². The van der Waals surface area contributed by atoms with E-state index in [1.807, 2.05) is 31.4 Å². The van der Waals surface area contributed by atoms with Gasteiger partial charge in [-0.25, -0.2) is 4.98 Å². The molecule has 1 aromatic heterocycles. The van der Waals surface area contributed by atoms with Crippen molar-refractivity contribution in [2.45, 2.75) is 12.5 Å². The van der Waals surface area contributed by atoms with Gasteiger partial charge in [-0.2, -0.15) is 0 Å². The molecule has 1 saturated heterocycles. The van der Waals surface area contributed by atoms with E-state index in [2.05, 4.69) is 21.3 Å². The molecule has 0 spiro atoms. The van der Waals surface area contributed by atoms with Crippen molar-refractivity contribution in [3.8, 4) is 5.75 Å². The lowest BCUT2D eigenvalue weighted by Gasteiger charge is -2.19. The van der Waals surface area contributed by atoms with Gasteiger partial charge in [-0.15, -0.1) is 0 Å². The fraction of sp³-hybridized carbons (Fsp3) is 0.400. The molecule has 0 amide bonds. The molecule has 1 aliphatic rings. The van der Waals surface area contributed by atoms with E-state index in [-0.39, 0.29) is 0 Å².